The Morgan fingerprint density at radius 1 is 1.39 bits per heavy atom. The fourth-order valence-corrected chi connectivity index (χ4v) is 2.18. The van der Waals surface area contributed by atoms with Gasteiger partial charge in [0, 0.05) is 19.1 Å². The van der Waals surface area contributed by atoms with Crippen LogP contribution < -0.4 is 5.32 Å². The van der Waals surface area contributed by atoms with E-state index in [9.17, 15) is 4.79 Å². The third-order valence-electron chi connectivity index (χ3n) is 3.29. The minimum atomic E-state index is -0.0274. The summed E-state index contributed by atoms with van der Waals surface area (Å²) in [5, 5.41) is 12.1. The lowest BCUT2D eigenvalue weighted by Gasteiger charge is -2.26. The molecule has 0 saturated heterocycles. The molecule has 4 heteroatoms. The van der Waals surface area contributed by atoms with Gasteiger partial charge in [0.25, 0.3) is 0 Å². The summed E-state index contributed by atoms with van der Waals surface area (Å²) in [6.07, 6.45) is 10.5. The number of nitrogens with one attached hydrogen (secondary N) is 1. The summed E-state index contributed by atoms with van der Waals surface area (Å²) in [4.78, 5) is 13.8. The Bertz CT molecular complexity index is 267. The lowest BCUT2D eigenvalue weighted by Crippen LogP contribution is -2.46. The van der Waals surface area contributed by atoms with Gasteiger partial charge in [0.1, 0.15) is 0 Å². The van der Waals surface area contributed by atoms with E-state index in [0.717, 1.165) is 45.1 Å². The smallest absolute Gasteiger partial charge is 0.317 e. The van der Waals surface area contributed by atoms with Gasteiger partial charge in [-0.05, 0) is 25.7 Å². The van der Waals surface area contributed by atoms with E-state index in [1.165, 1.54) is 0 Å². The molecular weight excluding hydrogens is 228 g/mol. The molecule has 1 atom stereocenters. The zero-order valence-electron chi connectivity index (χ0n) is 11.4. The summed E-state index contributed by atoms with van der Waals surface area (Å²) >= 11 is 0. The van der Waals surface area contributed by atoms with Gasteiger partial charge < -0.3 is 15.3 Å². The Morgan fingerprint density at radius 2 is 2.22 bits per heavy atom. The summed E-state index contributed by atoms with van der Waals surface area (Å²) in [7, 11) is 0. The minimum absolute atomic E-state index is 0.0274. The van der Waals surface area contributed by atoms with Crippen LogP contribution in [0.1, 0.15) is 45.4 Å². The summed E-state index contributed by atoms with van der Waals surface area (Å²) in [5.41, 5.74) is 0. The van der Waals surface area contributed by atoms with Crippen molar-refractivity contribution in [3.63, 3.8) is 0 Å². The normalized spacial score (nSPS) is 18.7. The number of urea groups is 1. The minimum Gasteiger partial charge on any atom is -0.395 e. The molecule has 0 radical (unpaired) electrons. The van der Waals surface area contributed by atoms with Gasteiger partial charge in [-0.3, -0.25) is 0 Å². The number of allylic oxidation sites excluding steroid dienone is 1. The molecule has 18 heavy (non-hydrogen) atoms. The molecule has 0 fully saturated rings. The molecule has 2 N–H and O–H groups in total. The fourth-order valence-electron chi connectivity index (χ4n) is 2.18. The molecule has 2 amide bonds. The van der Waals surface area contributed by atoms with Crippen molar-refractivity contribution >= 4 is 6.03 Å². The Kier molecular flexibility index (Phi) is 7.49. The van der Waals surface area contributed by atoms with Crippen molar-refractivity contribution in [3.8, 4) is 0 Å². The predicted octanol–water partition coefficient (Wildman–Crippen LogP) is 2.29. The third kappa shape index (κ3) is 5.54. The first kappa shape index (κ1) is 15.0. The lowest BCUT2D eigenvalue weighted by molar-refractivity contribution is 0.172. The van der Waals surface area contributed by atoms with Gasteiger partial charge in [0.2, 0.25) is 0 Å². The number of hydrogen-bond acceptors (Lipinski definition) is 2. The zero-order valence-corrected chi connectivity index (χ0v) is 11.4. The van der Waals surface area contributed by atoms with Gasteiger partial charge in [0.15, 0.2) is 0 Å². The zero-order chi connectivity index (χ0) is 13.2. The van der Waals surface area contributed by atoms with Gasteiger partial charge in [-0.25, -0.2) is 4.79 Å². The molecule has 1 aliphatic carbocycles. The molecule has 0 aliphatic heterocycles. The first-order valence-electron chi connectivity index (χ1n) is 7.09. The van der Waals surface area contributed by atoms with Crippen LogP contribution in [0, 0.1) is 0 Å². The van der Waals surface area contributed by atoms with Crippen molar-refractivity contribution in [2.45, 2.75) is 51.5 Å². The summed E-state index contributed by atoms with van der Waals surface area (Å²) in [6, 6.07) is 0.232. The monoisotopic (exact) mass is 254 g/mol. The molecule has 1 unspecified atom stereocenters. The predicted molar refractivity (Wildman–Crippen MR) is 73.5 cm³/mol. The molecule has 104 valence electrons. The Labute approximate surface area is 110 Å². The van der Waals surface area contributed by atoms with E-state index in [1.54, 1.807) is 4.90 Å². The average Bonchev–Trinajstić information content (AvgIpc) is 2.39. The second kappa shape index (κ2) is 8.97. The molecule has 0 aromatic heterocycles. The average molecular weight is 254 g/mol. The highest BCUT2D eigenvalue weighted by Crippen LogP contribution is 2.11. The second-order valence-electron chi connectivity index (χ2n) is 4.85. The van der Waals surface area contributed by atoms with E-state index >= 15 is 0 Å². The van der Waals surface area contributed by atoms with E-state index < -0.39 is 0 Å². The molecular formula is C14H26N2O2. The number of carbonyl (C=O) groups is 1. The van der Waals surface area contributed by atoms with Crippen LogP contribution in [0.25, 0.3) is 0 Å². The van der Waals surface area contributed by atoms with Crippen molar-refractivity contribution in [1.82, 2.24) is 10.2 Å². The summed E-state index contributed by atoms with van der Waals surface area (Å²) < 4.78 is 0. The van der Waals surface area contributed by atoms with Crippen molar-refractivity contribution in [3.05, 3.63) is 12.2 Å². The number of rotatable bonds is 7. The maximum Gasteiger partial charge on any atom is 0.317 e. The van der Waals surface area contributed by atoms with Crippen LogP contribution in [0.2, 0.25) is 0 Å². The van der Waals surface area contributed by atoms with E-state index in [0.29, 0.717) is 6.54 Å². The molecule has 4 nitrogen and oxygen atoms in total. The van der Waals surface area contributed by atoms with Crippen LogP contribution in [0.3, 0.4) is 0 Å². The van der Waals surface area contributed by atoms with Crippen molar-refractivity contribution in [2.24, 2.45) is 0 Å². The van der Waals surface area contributed by atoms with E-state index in [1.807, 2.05) is 0 Å². The fraction of sp³-hybridized carbons (Fsp3) is 0.786. The molecule has 1 rings (SSSR count). The van der Waals surface area contributed by atoms with Crippen LogP contribution >= 0.6 is 0 Å². The highest BCUT2D eigenvalue weighted by molar-refractivity contribution is 5.74. The highest BCUT2D eigenvalue weighted by Gasteiger charge is 2.17. The molecule has 0 aromatic carbocycles. The molecule has 0 aromatic rings. The molecule has 1 aliphatic rings. The summed E-state index contributed by atoms with van der Waals surface area (Å²) in [6.45, 7) is 3.34. The van der Waals surface area contributed by atoms with E-state index in [-0.39, 0.29) is 18.7 Å². The van der Waals surface area contributed by atoms with Gasteiger partial charge in [-0.2, -0.15) is 0 Å². The Balaban J connectivity index is 2.35. The standard InChI is InChI=1S/C14H26N2O2/c1-2-3-7-10-16(11-12-17)14(18)15-13-8-5-4-6-9-13/h4-5,13,17H,2-3,6-12H2,1H3,(H,15,18). The number of hydrogen-bond donors (Lipinski definition) is 2. The Morgan fingerprint density at radius 3 is 2.83 bits per heavy atom. The number of nitrogens with zero attached hydrogens (tertiary/aromatic N) is 1. The molecule has 0 bridgehead atoms. The second-order valence-corrected chi connectivity index (χ2v) is 4.85. The third-order valence-corrected chi connectivity index (χ3v) is 3.29. The SMILES string of the molecule is CCCCCN(CCO)C(=O)NC1CC=CCC1. The van der Waals surface area contributed by atoms with Gasteiger partial charge in [-0.15, -0.1) is 0 Å². The molecule has 0 heterocycles. The number of aliphatic hydroxyl groups is 1. The van der Waals surface area contributed by atoms with Crippen molar-refractivity contribution < 1.29 is 9.90 Å². The maximum atomic E-state index is 12.1. The van der Waals surface area contributed by atoms with Crippen LogP contribution in [0.15, 0.2) is 12.2 Å². The number of carbonyl (C=O) groups excluding carboxylic acids is 1. The number of aliphatic hydroxyl groups excluding tert-OH is 1. The number of unbranched alkanes of at least 4 members (excludes halogenated alkanes) is 2. The Hall–Kier alpha value is -1.03. The van der Waals surface area contributed by atoms with E-state index in [4.69, 9.17) is 5.11 Å². The topological polar surface area (TPSA) is 52.6 Å². The van der Waals surface area contributed by atoms with Gasteiger partial charge in [0.05, 0.1) is 6.61 Å². The number of amides is 2. The lowest BCUT2D eigenvalue weighted by atomic mass is 10.0. The maximum absolute atomic E-state index is 12.1. The first-order chi connectivity index (χ1) is 8.77. The van der Waals surface area contributed by atoms with Gasteiger partial charge in [-0.1, -0.05) is 31.9 Å². The van der Waals surface area contributed by atoms with Crippen molar-refractivity contribution in [1.29, 1.82) is 0 Å². The van der Waals surface area contributed by atoms with Crippen molar-refractivity contribution in [2.75, 3.05) is 19.7 Å². The van der Waals surface area contributed by atoms with Crippen LogP contribution in [0.5, 0.6) is 0 Å². The van der Waals surface area contributed by atoms with Crippen LogP contribution in [0.4, 0.5) is 4.79 Å². The van der Waals surface area contributed by atoms with E-state index in [2.05, 4.69) is 24.4 Å². The van der Waals surface area contributed by atoms with Crippen LogP contribution in [-0.2, 0) is 0 Å². The largest absolute Gasteiger partial charge is 0.395 e. The van der Waals surface area contributed by atoms with Crippen LogP contribution in [-0.4, -0.2) is 41.8 Å². The quantitative estimate of drug-likeness (QED) is 0.541. The van der Waals surface area contributed by atoms with Gasteiger partial charge >= 0.3 is 6.03 Å². The molecule has 0 saturated carbocycles. The first-order valence-corrected chi connectivity index (χ1v) is 7.09. The highest BCUT2D eigenvalue weighted by atomic mass is 16.3. The summed E-state index contributed by atoms with van der Waals surface area (Å²) in [5.74, 6) is 0. The molecule has 0 spiro atoms.